The molecule has 1 aliphatic carbocycles. The van der Waals surface area contributed by atoms with E-state index in [2.05, 4.69) is 14.2 Å². The summed E-state index contributed by atoms with van der Waals surface area (Å²) >= 11 is 0. The van der Waals surface area contributed by atoms with Gasteiger partial charge in [0, 0.05) is 14.2 Å². The number of rotatable bonds is 4. The van der Waals surface area contributed by atoms with E-state index in [0.29, 0.717) is 21.3 Å². The Morgan fingerprint density at radius 1 is 0.778 bits per heavy atom. The van der Waals surface area contributed by atoms with E-state index in [1.165, 1.54) is 0 Å². The fourth-order valence-electron chi connectivity index (χ4n) is 2.83. The van der Waals surface area contributed by atoms with E-state index in [1.807, 2.05) is 0 Å². The smallest absolute Gasteiger partial charge is 0.471 e. The van der Waals surface area contributed by atoms with Crippen LogP contribution in [0, 0.1) is 0 Å². The third kappa shape index (κ3) is 2.22. The Kier molecular flexibility index (Phi) is 4.43. The van der Waals surface area contributed by atoms with Gasteiger partial charge in [0.1, 0.15) is 5.70 Å². The van der Waals surface area contributed by atoms with E-state index in [-0.39, 0.29) is 0 Å². The van der Waals surface area contributed by atoms with Crippen LogP contribution in [0.25, 0.3) is 0 Å². The summed E-state index contributed by atoms with van der Waals surface area (Å²) in [6.07, 6.45) is -12.9. The van der Waals surface area contributed by atoms with Gasteiger partial charge in [-0.15, -0.1) is 0 Å². The molecule has 0 aromatic heterocycles. The molecule has 16 heteroatoms. The highest BCUT2D eigenvalue weighted by Gasteiger charge is 2.90. The van der Waals surface area contributed by atoms with Gasteiger partial charge in [0.2, 0.25) is 0 Å². The van der Waals surface area contributed by atoms with Gasteiger partial charge in [-0.25, -0.2) is 4.90 Å². The van der Waals surface area contributed by atoms with Gasteiger partial charge in [0.05, 0.1) is 7.11 Å². The first-order chi connectivity index (χ1) is 11.9. The molecule has 0 amide bonds. The Labute approximate surface area is 142 Å². The Morgan fingerprint density at radius 2 is 1.22 bits per heavy atom. The third-order valence-electron chi connectivity index (χ3n) is 3.94. The normalized spacial score (nSPS) is 28.3. The van der Waals surface area contributed by atoms with Crippen LogP contribution in [0.15, 0.2) is 11.5 Å². The van der Waals surface area contributed by atoms with Crippen LogP contribution in [0.5, 0.6) is 0 Å². The highest BCUT2D eigenvalue weighted by atomic mass is 19.4. The van der Waals surface area contributed by atoms with Crippen molar-refractivity contribution in [2.75, 3.05) is 21.3 Å². The van der Waals surface area contributed by atoms with Crippen LogP contribution in [0.1, 0.15) is 0 Å². The lowest BCUT2D eigenvalue weighted by Crippen LogP contribution is -2.70. The van der Waals surface area contributed by atoms with Gasteiger partial charge in [-0.05, 0) is 0 Å². The molecule has 0 N–H and O–H groups in total. The van der Waals surface area contributed by atoms with Crippen LogP contribution >= 0.6 is 0 Å². The first kappa shape index (κ1) is 21.7. The predicted octanol–water partition coefficient (Wildman–Crippen LogP) is 3.36. The van der Waals surface area contributed by atoms with Crippen LogP contribution in [0.3, 0.4) is 0 Å². The monoisotopic (exact) mass is 426 g/mol. The number of nitrogens with zero attached hydrogens (tertiary/aromatic N) is 2. The lowest BCUT2D eigenvalue weighted by molar-refractivity contribution is -0.402. The molecule has 0 aromatic rings. The number of hydrogen-bond donors (Lipinski definition) is 0. The highest BCUT2D eigenvalue weighted by Crippen LogP contribution is 2.65. The molecule has 0 radical (unpaired) electrons. The number of alkyl halides is 11. The molecule has 158 valence electrons. The number of hydrogen-bond acceptors (Lipinski definition) is 5. The average molecular weight is 426 g/mol. The van der Waals surface area contributed by atoms with Crippen molar-refractivity contribution in [3.63, 3.8) is 0 Å². The van der Waals surface area contributed by atoms with Gasteiger partial charge >= 0.3 is 30.5 Å². The zero-order chi connectivity index (χ0) is 21.4. The van der Waals surface area contributed by atoms with Crippen LogP contribution in [-0.2, 0) is 14.2 Å². The van der Waals surface area contributed by atoms with Crippen molar-refractivity contribution in [3.05, 3.63) is 11.5 Å². The standard InChI is InChI=1S/C11H9F11N2O3/c1-25-5-4(7(26-2,27-3)6(5,12)13)23-8(14,15)9(16,17)24(10(18,19)20)11(23,21)22/h1-3H3. The van der Waals surface area contributed by atoms with Gasteiger partial charge in [-0.2, -0.15) is 48.3 Å². The third-order valence-corrected chi connectivity index (χ3v) is 3.94. The molecule has 0 atom stereocenters. The maximum absolute atomic E-state index is 14.1. The van der Waals surface area contributed by atoms with E-state index < -0.39 is 57.5 Å². The second-order valence-electron chi connectivity index (χ2n) is 5.21. The molecule has 0 spiro atoms. The number of halogens is 11. The fraction of sp³-hybridized carbons (Fsp3) is 0.818. The highest BCUT2D eigenvalue weighted by molar-refractivity contribution is 5.42. The van der Waals surface area contributed by atoms with Crippen molar-refractivity contribution in [3.8, 4) is 0 Å². The van der Waals surface area contributed by atoms with Crippen molar-refractivity contribution in [1.82, 2.24) is 9.80 Å². The largest absolute Gasteiger partial charge is 0.493 e. The second-order valence-corrected chi connectivity index (χ2v) is 5.21. The van der Waals surface area contributed by atoms with Gasteiger partial charge in [-0.3, -0.25) is 0 Å². The molecular formula is C11H9F11N2O3. The number of methoxy groups -OCH3 is 3. The molecule has 5 nitrogen and oxygen atoms in total. The Morgan fingerprint density at radius 3 is 1.52 bits per heavy atom. The summed E-state index contributed by atoms with van der Waals surface area (Å²) < 4.78 is 162. The summed E-state index contributed by atoms with van der Waals surface area (Å²) in [5.41, 5.74) is -2.23. The first-order valence-electron chi connectivity index (χ1n) is 6.51. The van der Waals surface area contributed by atoms with Gasteiger partial charge in [0.25, 0.3) is 5.79 Å². The minimum absolute atomic E-state index is 0.343. The van der Waals surface area contributed by atoms with Crippen molar-refractivity contribution >= 4 is 0 Å². The molecule has 0 bridgehead atoms. The zero-order valence-electron chi connectivity index (χ0n) is 13.3. The van der Waals surface area contributed by atoms with Crippen LogP contribution in [0.4, 0.5) is 48.3 Å². The second kappa shape index (κ2) is 5.50. The first-order valence-corrected chi connectivity index (χ1v) is 6.51. The molecule has 0 unspecified atom stereocenters. The Bertz CT molecular complexity index is 656. The summed E-state index contributed by atoms with van der Waals surface area (Å²) in [4.78, 5) is -5.20. The van der Waals surface area contributed by atoms with Crippen molar-refractivity contribution in [2.24, 2.45) is 0 Å². The van der Waals surface area contributed by atoms with Gasteiger partial charge in [0.15, 0.2) is 5.76 Å². The molecule has 2 aliphatic rings. The van der Waals surface area contributed by atoms with E-state index >= 15 is 0 Å². The molecule has 0 aromatic carbocycles. The van der Waals surface area contributed by atoms with Crippen LogP contribution in [-0.4, -0.2) is 67.4 Å². The summed E-state index contributed by atoms with van der Waals surface area (Å²) in [5.74, 6) is -10.5. The van der Waals surface area contributed by atoms with E-state index in [9.17, 15) is 48.3 Å². The molecule has 2 rings (SSSR count). The van der Waals surface area contributed by atoms with Gasteiger partial charge < -0.3 is 14.2 Å². The maximum Gasteiger partial charge on any atom is 0.471 e. The van der Waals surface area contributed by atoms with E-state index in [0.717, 1.165) is 0 Å². The topological polar surface area (TPSA) is 34.2 Å². The lowest BCUT2D eigenvalue weighted by atomic mass is 9.87. The fourth-order valence-corrected chi connectivity index (χ4v) is 2.83. The summed E-state index contributed by atoms with van der Waals surface area (Å²) in [6, 6.07) is -12.9. The summed E-state index contributed by atoms with van der Waals surface area (Å²) in [6.45, 7) is 0. The Balaban J connectivity index is 2.84. The molecule has 1 saturated heterocycles. The summed E-state index contributed by atoms with van der Waals surface area (Å²) in [5, 5.41) is 0. The van der Waals surface area contributed by atoms with E-state index in [1.54, 1.807) is 0 Å². The molecule has 1 heterocycles. The van der Waals surface area contributed by atoms with Gasteiger partial charge in [-0.1, -0.05) is 4.90 Å². The quantitative estimate of drug-likeness (QED) is 0.392. The summed E-state index contributed by atoms with van der Waals surface area (Å²) in [7, 11) is 1.05. The molecule has 27 heavy (non-hydrogen) atoms. The van der Waals surface area contributed by atoms with Crippen molar-refractivity contribution < 1.29 is 62.5 Å². The van der Waals surface area contributed by atoms with Crippen LogP contribution in [0.2, 0.25) is 0 Å². The number of ether oxygens (including phenoxy) is 3. The van der Waals surface area contributed by atoms with Crippen molar-refractivity contribution in [1.29, 1.82) is 0 Å². The molecule has 0 saturated carbocycles. The molecule has 1 aliphatic heterocycles. The molecular weight excluding hydrogens is 417 g/mol. The Hall–Kier alpha value is -1.55. The van der Waals surface area contributed by atoms with Crippen LogP contribution < -0.4 is 0 Å². The minimum atomic E-state index is -6.69. The maximum atomic E-state index is 14.1. The predicted molar refractivity (Wildman–Crippen MR) is 60.3 cm³/mol. The lowest BCUT2D eigenvalue weighted by Gasteiger charge is -2.51. The van der Waals surface area contributed by atoms with E-state index in [4.69, 9.17) is 0 Å². The minimum Gasteiger partial charge on any atom is -0.493 e. The van der Waals surface area contributed by atoms with Crippen molar-refractivity contribution in [2.45, 2.75) is 36.3 Å². The zero-order valence-corrected chi connectivity index (χ0v) is 13.3. The average Bonchev–Trinajstić information content (AvgIpc) is 2.56. The SMILES string of the molecule is COC1=C(N2C(F)(F)N(C(F)(F)F)C(F)(F)C2(F)F)C(OC)(OC)C1(F)F. The molecule has 1 fully saturated rings.